The van der Waals surface area contributed by atoms with E-state index in [9.17, 15) is 119 Å². The van der Waals surface area contributed by atoms with E-state index in [4.69, 9.17) is 5.11 Å². The van der Waals surface area contributed by atoms with Gasteiger partial charge in [-0.25, -0.2) is 8.78 Å². The highest BCUT2D eigenvalue weighted by atomic mass is 19.4. The minimum absolute atomic E-state index is 4.03. The lowest BCUT2D eigenvalue weighted by Gasteiger charge is -2.43. The fraction of sp³-hybridized carbons (Fsp3) is 0.647. The number of benzene rings is 1. The summed E-state index contributed by atoms with van der Waals surface area (Å²) in [6.07, 6.45) is -16.1. The Morgan fingerprint density at radius 2 is 0.556 bits per heavy atom. The topological polar surface area (TPSA) is 20.2 Å². The summed E-state index contributed by atoms with van der Waals surface area (Å²) in [5.74, 6) is -97.9. The van der Waals surface area contributed by atoms with E-state index in [-0.39, 0.29) is 0 Å². The number of aromatic hydroxyl groups is 1. The first-order valence-electron chi connectivity index (χ1n) is 9.58. The van der Waals surface area contributed by atoms with Crippen LogP contribution in [0, 0.1) is 17.5 Å². The second-order valence-electron chi connectivity index (χ2n) is 8.21. The highest BCUT2D eigenvalue weighted by molar-refractivity contribution is 5.49. The van der Waals surface area contributed by atoms with E-state index in [0.29, 0.717) is 0 Å². The van der Waals surface area contributed by atoms with Gasteiger partial charge in [-0.3, -0.25) is 0 Å². The predicted molar refractivity (Wildman–Crippen MR) is 82.5 cm³/mol. The lowest BCUT2D eigenvalue weighted by molar-refractivity contribution is -0.463. The van der Waals surface area contributed by atoms with Crippen LogP contribution in [0.4, 0.5) is 119 Å². The van der Waals surface area contributed by atoms with Crippen LogP contribution in [-0.2, 0) is 11.8 Å². The van der Waals surface area contributed by atoms with Crippen LogP contribution in [0.1, 0.15) is 11.1 Å². The molecule has 0 spiro atoms. The monoisotopic (exact) mass is 734 g/mol. The van der Waals surface area contributed by atoms with Crippen molar-refractivity contribution >= 4 is 0 Å². The van der Waals surface area contributed by atoms with E-state index >= 15 is 0 Å². The van der Waals surface area contributed by atoms with Gasteiger partial charge in [0.25, 0.3) is 0 Å². The molecule has 0 aromatic heterocycles. The van der Waals surface area contributed by atoms with E-state index in [1.807, 2.05) is 0 Å². The average Bonchev–Trinajstić information content (AvgIpc) is 2.81. The molecule has 0 saturated heterocycles. The molecular weight excluding hydrogens is 733 g/mol. The van der Waals surface area contributed by atoms with Gasteiger partial charge in [0.1, 0.15) is 0 Å². The third-order valence-electron chi connectivity index (χ3n) is 5.40. The van der Waals surface area contributed by atoms with Gasteiger partial charge in [0.15, 0.2) is 17.4 Å². The van der Waals surface area contributed by atoms with Crippen molar-refractivity contribution in [3.63, 3.8) is 0 Å². The Morgan fingerprint density at radius 3 is 0.867 bits per heavy atom. The van der Waals surface area contributed by atoms with Gasteiger partial charge in [-0.05, 0) is 0 Å². The van der Waals surface area contributed by atoms with E-state index < -0.39 is 100.0 Å². The second kappa shape index (κ2) is 10.1. The third kappa shape index (κ3) is 4.83. The summed E-state index contributed by atoms with van der Waals surface area (Å²) in [6, 6.07) is 0. The number of alkyl halides is 24. The first-order chi connectivity index (χ1) is 19.1. The van der Waals surface area contributed by atoms with Gasteiger partial charge in [0, 0.05) is 0 Å². The molecule has 1 aromatic carbocycles. The standard InChI is InChI=1S/C17HF27O/c18-3-1(2(6(45)5(20)4(3)19)8(23,24)10(27,28)16(39,40)41)7(21,22)9(25,26)11(29,30)12(31,32)13(33,34)14(35,36)15(37,38)17(42,43)44/h45H. The second-order valence-corrected chi connectivity index (χ2v) is 8.21. The van der Waals surface area contributed by atoms with Crippen molar-refractivity contribution in [2.24, 2.45) is 0 Å². The Kier molecular flexibility index (Phi) is 8.98. The number of hydrogen-bond acceptors (Lipinski definition) is 1. The van der Waals surface area contributed by atoms with Crippen molar-refractivity contribution in [2.45, 2.75) is 65.7 Å². The maximum absolute atomic E-state index is 14.5. The summed E-state index contributed by atoms with van der Waals surface area (Å²) in [7, 11) is 0. The van der Waals surface area contributed by atoms with Crippen LogP contribution in [0.15, 0.2) is 0 Å². The SMILES string of the molecule is Oc1c(F)c(F)c(F)c(C(F)(F)C(F)(F)C(F)(F)C(F)(F)C(F)(F)C(F)(F)C(F)(F)C(F)(F)F)c1C(F)(F)C(F)(F)C(F)(F)F. The zero-order chi connectivity index (χ0) is 37.0. The molecule has 0 atom stereocenters. The molecule has 0 amide bonds. The fourth-order valence-electron chi connectivity index (χ4n) is 2.90. The zero-order valence-corrected chi connectivity index (χ0v) is 19.2. The summed E-state index contributed by atoms with van der Waals surface area (Å²) < 4.78 is 361. The van der Waals surface area contributed by atoms with Crippen LogP contribution in [0.5, 0.6) is 5.75 Å². The average molecular weight is 734 g/mol. The first kappa shape index (κ1) is 40.2. The molecule has 0 aliphatic rings. The summed E-state index contributed by atoms with van der Waals surface area (Å²) in [5, 5.41) is 8.96. The van der Waals surface area contributed by atoms with Gasteiger partial charge in [-0.1, -0.05) is 0 Å². The molecule has 0 heterocycles. The van der Waals surface area contributed by atoms with Crippen molar-refractivity contribution in [2.75, 3.05) is 0 Å². The van der Waals surface area contributed by atoms with Crippen molar-refractivity contribution in [1.29, 1.82) is 0 Å². The summed E-state index contributed by atoms with van der Waals surface area (Å²) in [5.41, 5.74) is -10.4. The van der Waals surface area contributed by atoms with Crippen LogP contribution in [0.25, 0.3) is 0 Å². The third-order valence-corrected chi connectivity index (χ3v) is 5.40. The molecule has 0 bridgehead atoms. The van der Waals surface area contributed by atoms with Gasteiger partial charge in [0.2, 0.25) is 5.82 Å². The number of halogens is 27. The number of rotatable bonds is 9. The molecule has 0 unspecified atom stereocenters. The molecular formula is C17HF27O. The van der Waals surface area contributed by atoms with Gasteiger partial charge in [-0.15, -0.1) is 0 Å². The summed E-state index contributed by atoms with van der Waals surface area (Å²) >= 11 is 0. The lowest BCUT2D eigenvalue weighted by atomic mass is 9.83. The van der Waals surface area contributed by atoms with Gasteiger partial charge < -0.3 is 5.11 Å². The molecule has 0 aliphatic carbocycles. The van der Waals surface area contributed by atoms with E-state index in [1.165, 1.54) is 0 Å². The lowest BCUT2D eigenvalue weighted by Crippen LogP contribution is -2.74. The Balaban J connectivity index is 4.34. The molecule has 1 aromatic rings. The Labute approximate surface area is 225 Å². The molecule has 1 nitrogen and oxygen atoms in total. The highest BCUT2D eigenvalue weighted by Crippen LogP contribution is 2.66. The molecule has 0 aliphatic heterocycles. The molecule has 0 saturated carbocycles. The van der Waals surface area contributed by atoms with Crippen LogP contribution < -0.4 is 0 Å². The van der Waals surface area contributed by atoms with Gasteiger partial charge >= 0.3 is 65.7 Å². The molecule has 0 radical (unpaired) electrons. The number of phenols is 1. The van der Waals surface area contributed by atoms with Gasteiger partial charge in [-0.2, -0.15) is 110 Å². The number of hydrogen-bond donors (Lipinski definition) is 1. The molecule has 0 fully saturated rings. The molecule has 45 heavy (non-hydrogen) atoms. The normalized spacial score (nSPS) is 16.0. The van der Waals surface area contributed by atoms with Crippen molar-refractivity contribution in [1.82, 2.24) is 0 Å². The van der Waals surface area contributed by atoms with Crippen LogP contribution in [0.3, 0.4) is 0 Å². The summed E-state index contributed by atoms with van der Waals surface area (Å²) in [4.78, 5) is 0. The zero-order valence-electron chi connectivity index (χ0n) is 19.2. The van der Waals surface area contributed by atoms with Crippen molar-refractivity contribution < 1.29 is 124 Å². The fourth-order valence-corrected chi connectivity index (χ4v) is 2.90. The Hall–Kier alpha value is -2.87. The maximum atomic E-state index is 14.5. The van der Waals surface area contributed by atoms with Crippen molar-refractivity contribution in [3.8, 4) is 5.75 Å². The van der Waals surface area contributed by atoms with E-state index in [0.717, 1.165) is 0 Å². The molecule has 28 heteroatoms. The Morgan fingerprint density at radius 1 is 0.289 bits per heavy atom. The minimum Gasteiger partial charge on any atom is -0.504 e. The predicted octanol–water partition coefficient (Wildman–Crippen LogP) is 9.56. The minimum atomic E-state index is -9.50. The van der Waals surface area contributed by atoms with Crippen LogP contribution in [-0.4, -0.2) is 58.9 Å². The van der Waals surface area contributed by atoms with Crippen LogP contribution >= 0.6 is 0 Å². The maximum Gasteiger partial charge on any atom is 0.460 e. The first-order valence-corrected chi connectivity index (χ1v) is 9.58. The number of phenolic OH excluding ortho intramolecular Hbond substituents is 1. The summed E-state index contributed by atoms with van der Waals surface area (Å²) in [6.45, 7) is 0. The largest absolute Gasteiger partial charge is 0.504 e. The molecule has 1 rings (SSSR count). The molecule has 1 N–H and O–H groups in total. The quantitative estimate of drug-likeness (QED) is 0.198. The highest BCUT2D eigenvalue weighted by Gasteiger charge is 2.95. The van der Waals surface area contributed by atoms with Gasteiger partial charge in [0.05, 0.1) is 11.1 Å². The van der Waals surface area contributed by atoms with E-state index in [2.05, 4.69) is 0 Å². The molecule has 264 valence electrons. The van der Waals surface area contributed by atoms with Crippen LogP contribution in [0.2, 0.25) is 0 Å². The smallest absolute Gasteiger partial charge is 0.460 e. The van der Waals surface area contributed by atoms with E-state index in [1.54, 1.807) is 0 Å². The van der Waals surface area contributed by atoms with Crippen molar-refractivity contribution in [3.05, 3.63) is 28.6 Å². The Bertz CT molecular complexity index is 1300.